The second-order valence-electron chi connectivity index (χ2n) is 7.54. The normalized spacial score (nSPS) is 14.4. The second kappa shape index (κ2) is 7.92. The maximum absolute atomic E-state index is 6.04. The summed E-state index contributed by atoms with van der Waals surface area (Å²) in [6, 6.07) is 7.82. The third-order valence-corrected chi connectivity index (χ3v) is 5.70. The molecule has 0 unspecified atom stereocenters. The molecule has 4 heterocycles. The van der Waals surface area contributed by atoms with Gasteiger partial charge in [-0.05, 0) is 48.2 Å². The maximum atomic E-state index is 6.04. The van der Waals surface area contributed by atoms with Crippen LogP contribution in [-0.2, 0) is 19.4 Å². The quantitative estimate of drug-likeness (QED) is 0.525. The Labute approximate surface area is 179 Å². The summed E-state index contributed by atoms with van der Waals surface area (Å²) < 4.78 is 18.0. The fourth-order valence-electron chi connectivity index (χ4n) is 4.05. The van der Waals surface area contributed by atoms with Crippen molar-refractivity contribution in [1.29, 1.82) is 0 Å². The molecule has 0 radical (unpaired) electrons. The van der Waals surface area contributed by atoms with Crippen LogP contribution in [0.2, 0.25) is 0 Å². The molecule has 31 heavy (non-hydrogen) atoms. The van der Waals surface area contributed by atoms with Crippen LogP contribution in [0.5, 0.6) is 11.5 Å². The molecule has 0 saturated heterocycles. The van der Waals surface area contributed by atoms with Crippen LogP contribution in [0.25, 0.3) is 17.2 Å². The van der Waals surface area contributed by atoms with Gasteiger partial charge in [0.15, 0.2) is 22.9 Å². The lowest BCUT2D eigenvalue weighted by molar-refractivity contribution is 0.279. The Kier molecular flexibility index (Phi) is 4.95. The van der Waals surface area contributed by atoms with Crippen LogP contribution in [0, 0.1) is 0 Å². The number of aromatic nitrogens is 4. The van der Waals surface area contributed by atoms with Gasteiger partial charge in [-0.3, -0.25) is 4.90 Å². The van der Waals surface area contributed by atoms with E-state index in [1.54, 1.807) is 31.2 Å². The van der Waals surface area contributed by atoms with Gasteiger partial charge in [-0.25, -0.2) is 9.97 Å². The van der Waals surface area contributed by atoms with E-state index in [2.05, 4.69) is 32.1 Å². The number of hydrogen-bond acceptors (Lipinski definition) is 8. The van der Waals surface area contributed by atoms with Gasteiger partial charge in [0.25, 0.3) is 0 Å². The number of rotatable bonds is 5. The first kappa shape index (κ1) is 19.4. The molecule has 3 aromatic heterocycles. The van der Waals surface area contributed by atoms with E-state index in [9.17, 15) is 0 Å². The van der Waals surface area contributed by atoms with Gasteiger partial charge in [0, 0.05) is 31.4 Å². The van der Waals surface area contributed by atoms with E-state index in [-0.39, 0.29) is 0 Å². The molecule has 4 aromatic rings. The molecule has 5 rings (SSSR count). The van der Waals surface area contributed by atoms with E-state index in [1.807, 2.05) is 12.1 Å². The van der Waals surface area contributed by atoms with E-state index < -0.39 is 0 Å². The fraction of sp³-hybridized carbons (Fsp3) is 0.318. The highest BCUT2D eigenvalue weighted by Crippen LogP contribution is 2.32. The molecule has 0 spiro atoms. The number of fused-ring (bicyclic) bond motifs is 2. The predicted molar refractivity (Wildman–Crippen MR) is 115 cm³/mol. The summed E-state index contributed by atoms with van der Waals surface area (Å²) >= 11 is 0. The summed E-state index contributed by atoms with van der Waals surface area (Å²) in [4.78, 5) is 11.4. The summed E-state index contributed by atoms with van der Waals surface area (Å²) in [7, 11) is 3.34. The Hall–Kier alpha value is -3.59. The van der Waals surface area contributed by atoms with Crippen molar-refractivity contribution in [3.8, 4) is 23.1 Å². The smallest absolute Gasteiger partial charge is 0.223 e. The van der Waals surface area contributed by atoms with Crippen LogP contribution in [0.1, 0.15) is 16.7 Å². The molecule has 160 valence electrons. The molecule has 0 atom stereocenters. The molecule has 9 heteroatoms. The summed E-state index contributed by atoms with van der Waals surface area (Å²) in [5.41, 5.74) is 10.3. The minimum absolute atomic E-state index is 0.298. The zero-order chi connectivity index (χ0) is 21.4. The van der Waals surface area contributed by atoms with Gasteiger partial charge in [0.2, 0.25) is 11.8 Å². The summed E-state index contributed by atoms with van der Waals surface area (Å²) in [6.45, 7) is 2.53. The third-order valence-electron chi connectivity index (χ3n) is 5.70. The van der Waals surface area contributed by atoms with Crippen molar-refractivity contribution in [3.63, 3.8) is 0 Å². The number of ether oxygens (including phenoxy) is 2. The standard InChI is InChI=1S/C22H24N6O3/c1-29-18-10-14-5-7-27(8-6-15(14)11-19(18)30-2)13-16-12-24-22(23)28-21(16)25-20(26-28)17-4-3-9-31-17/h3-4,9-12H,5-8,13H2,1-2H3,(H2,23,24). The Balaban J connectivity index is 1.41. The maximum Gasteiger partial charge on any atom is 0.223 e. The highest BCUT2D eigenvalue weighted by molar-refractivity contribution is 5.57. The van der Waals surface area contributed by atoms with Crippen molar-refractivity contribution in [1.82, 2.24) is 24.5 Å². The first-order chi connectivity index (χ1) is 15.2. The largest absolute Gasteiger partial charge is 0.493 e. The minimum Gasteiger partial charge on any atom is -0.493 e. The predicted octanol–water partition coefficient (Wildman–Crippen LogP) is 2.58. The lowest BCUT2D eigenvalue weighted by Gasteiger charge is -2.19. The average Bonchev–Trinajstić information content (AvgIpc) is 3.44. The molecule has 2 N–H and O–H groups in total. The molecular weight excluding hydrogens is 396 g/mol. The Morgan fingerprint density at radius 1 is 1.10 bits per heavy atom. The molecule has 0 amide bonds. The van der Waals surface area contributed by atoms with Crippen molar-refractivity contribution in [2.24, 2.45) is 0 Å². The van der Waals surface area contributed by atoms with E-state index in [4.69, 9.17) is 19.6 Å². The Morgan fingerprint density at radius 2 is 1.81 bits per heavy atom. The monoisotopic (exact) mass is 420 g/mol. The summed E-state index contributed by atoms with van der Waals surface area (Å²) in [6.07, 6.45) is 5.25. The van der Waals surface area contributed by atoms with Crippen molar-refractivity contribution in [2.45, 2.75) is 19.4 Å². The highest BCUT2D eigenvalue weighted by atomic mass is 16.5. The Morgan fingerprint density at radius 3 is 2.42 bits per heavy atom. The number of methoxy groups -OCH3 is 2. The zero-order valence-electron chi connectivity index (χ0n) is 17.5. The van der Waals surface area contributed by atoms with Crippen LogP contribution in [0.15, 0.2) is 41.1 Å². The van der Waals surface area contributed by atoms with Gasteiger partial charge in [-0.2, -0.15) is 4.52 Å². The van der Waals surface area contributed by atoms with Crippen LogP contribution < -0.4 is 15.2 Å². The number of hydrogen-bond donors (Lipinski definition) is 1. The van der Waals surface area contributed by atoms with E-state index >= 15 is 0 Å². The number of furan rings is 1. The van der Waals surface area contributed by atoms with Gasteiger partial charge < -0.3 is 19.6 Å². The van der Waals surface area contributed by atoms with Crippen molar-refractivity contribution < 1.29 is 13.9 Å². The molecule has 0 aliphatic carbocycles. The third kappa shape index (κ3) is 3.57. The first-order valence-corrected chi connectivity index (χ1v) is 10.2. The van der Waals surface area contributed by atoms with Crippen molar-refractivity contribution >= 4 is 11.6 Å². The lowest BCUT2D eigenvalue weighted by atomic mass is 10.0. The Bertz CT molecular complexity index is 1180. The van der Waals surface area contributed by atoms with Crippen LogP contribution in [-0.4, -0.2) is 51.8 Å². The van der Waals surface area contributed by atoms with Gasteiger partial charge in [0.1, 0.15) is 0 Å². The molecule has 0 fully saturated rings. The van der Waals surface area contributed by atoms with Gasteiger partial charge >= 0.3 is 0 Å². The highest BCUT2D eigenvalue weighted by Gasteiger charge is 2.20. The lowest BCUT2D eigenvalue weighted by Crippen LogP contribution is -2.26. The van der Waals surface area contributed by atoms with Crippen LogP contribution >= 0.6 is 0 Å². The second-order valence-corrected chi connectivity index (χ2v) is 7.54. The molecule has 1 aromatic carbocycles. The van der Waals surface area contributed by atoms with E-state index in [0.717, 1.165) is 43.0 Å². The van der Waals surface area contributed by atoms with Gasteiger partial charge in [-0.15, -0.1) is 5.10 Å². The van der Waals surface area contributed by atoms with Crippen molar-refractivity contribution in [3.05, 3.63) is 53.4 Å². The molecule has 1 aliphatic rings. The number of nitrogens with two attached hydrogens (primary N) is 1. The van der Waals surface area contributed by atoms with Gasteiger partial charge in [-0.1, -0.05) is 0 Å². The molecular formula is C22H24N6O3. The zero-order valence-corrected chi connectivity index (χ0v) is 17.5. The number of anilines is 1. The number of benzene rings is 1. The topological polar surface area (TPSA) is 104 Å². The average molecular weight is 420 g/mol. The van der Waals surface area contributed by atoms with E-state index in [1.165, 1.54) is 11.1 Å². The van der Waals surface area contributed by atoms with Crippen molar-refractivity contribution in [2.75, 3.05) is 33.0 Å². The van der Waals surface area contributed by atoms with Crippen LogP contribution in [0.3, 0.4) is 0 Å². The summed E-state index contributed by atoms with van der Waals surface area (Å²) in [5, 5.41) is 4.48. The molecule has 1 aliphatic heterocycles. The van der Waals surface area contributed by atoms with E-state index in [0.29, 0.717) is 29.7 Å². The SMILES string of the molecule is COc1cc2c(cc1OC)CCN(Cc1cnc(N)n3nc(-c4ccco4)nc13)CC2. The molecule has 0 saturated carbocycles. The van der Waals surface area contributed by atoms with Gasteiger partial charge in [0.05, 0.1) is 20.5 Å². The van der Waals surface area contributed by atoms with Crippen LogP contribution in [0.4, 0.5) is 5.95 Å². The first-order valence-electron chi connectivity index (χ1n) is 10.2. The number of nitrogen functional groups attached to an aromatic ring is 1. The number of nitrogens with zero attached hydrogens (tertiary/aromatic N) is 5. The fourth-order valence-corrected chi connectivity index (χ4v) is 4.05. The summed E-state index contributed by atoms with van der Waals surface area (Å²) in [5.74, 6) is 2.93. The molecule has 9 nitrogen and oxygen atoms in total. The molecule has 0 bridgehead atoms. The minimum atomic E-state index is 0.298.